The Kier molecular flexibility index (Phi) is 5.67. The molecule has 1 aromatic heterocycles. The fourth-order valence-corrected chi connectivity index (χ4v) is 4.69. The Morgan fingerprint density at radius 1 is 1.52 bits per heavy atom. The lowest BCUT2D eigenvalue weighted by Gasteiger charge is -2.22. The Morgan fingerprint density at radius 2 is 2.22 bits per heavy atom. The van der Waals surface area contributed by atoms with Gasteiger partial charge in [0.15, 0.2) is 5.96 Å². The van der Waals surface area contributed by atoms with E-state index < -0.39 is 9.84 Å². The van der Waals surface area contributed by atoms with Crippen LogP contribution in [0.1, 0.15) is 30.5 Å². The van der Waals surface area contributed by atoms with Crippen molar-refractivity contribution in [2.45, 2.75) is 33.2 Å². The molecule has 0 amide bonds. The average Bonchev–Trinajstić information content (AvgIpc) is 3.06. The maximum Gasteiger partial charge on any atom is 0.194 e. The smallest absolute Gasteiger partial charge is 0.194 e. The lowest BCUT2D eigenvalue weighted by Crippen LogP contribution is -2.39. The first-order chi connectivity index (χ1) is 10.7. The van der Waals surface area contributed by atoms with E-state index in [4.69, 9.17) is 0 Å². The maximum absolute atomic E-state index is 11.6. The molecule has 1 saturated carbocycles. The van der Waals surface area contributed by atoms with Gasteiger partial charge in [0, 0.05) is 37.2 Å². The van der Waals surface area contributed by atoms with E-state index in [0.29, 0.717) is 13.1 Å². The third-order valence-corrected chi connectivity index (χ3v) is 5.81. The molecule has 1 heterocycles. The lowest BCUT2D eigenvalue weighted by atomic mass is 10.1. The van der Waals surface area contributed by atoms with Gasteiger partial charge in [0.25, 0.3) is 0 Å². The van der Waals surface area contributed by atoms with Crippen molar-refractivity contribution in [1.29, 1.82) is 0 Å². The van der Waals surface area contributed by atoms with Crippen molar-refractivity contribution in [3.05, 3.63) is 16.1 Å². The molecule has 6 nitrogen and oxygen atoms in total. The van der Waals surface area contributed by atoms with Crippen LogP contribution in [0.5, 0.6) is 0 Å². The fourth-order valence-electron chi connectivity index (χ4n) is 2.59. The molecule has 0 radical (unpaired) electrons. The Bertz CT molecular complexity index is 663. The molecule has 0 spiro atoms. The lowest BCUT2D eigenvalue weighted by molar-refractivity contribution is 0.464. The molecular weight excluding hydrogens is 332 g/mol. The van der Waals surface area contributed by atoms with E-state index in [1.807, 2.05) is 25.8 Å². The molecule has 2 rings (SSSR count). The van der Waals surface area contributed by atoms with Crippen LogP contribution in [0.15, 0.2) is 10.4 Å². The highest BCUT2D eigenvalue weighted by atomic mass is 32.2. The topological polar surface area (TPSA) is 74.7 Å². The number of sulfone groups is 1. The Hall–Kier alpha value is -1.15. The van der Waals surface area contributed by atoms with Gasteiger partial charge < -0.3 is 10.2 Å². The van der Waals surface area contributed by atoms with Crippen molar-refractivity contribution in [1.82, 2.24) is 15.2 Å². The molecule has 1 fully saturated rings. The first kappa shape index (κ1) is 18.2. The Labute approximate surface area is 142 Å². The van der Waals surface area contributed by atoms with Crippen molar-refractivity contribution in [2.24, 2.45) is 10.4 Å². The number of hydrogen-bond acceptors (Lipinski definition) is 5. The monoisotopic (exact) mass is 358 g/mol. The molecule has 8 heteroatoms. The molecular formula is C15H26N4O2S2. The van der Waals surface area contributed by atoms with Gasteiger partial charge in [0.1, 0.15) is 9.84 Å². The van der Waals surface area contributed by atoms with E-state index in [2.05, 4.69) is 20.7 Å². The molecule has 0 atom stereocenters. The maximum atomic E-state index is 11.6. The SMILES string of the molecule is CCNC(=NCC1(CS(C)(=O)=O)CC1)N(C)Cc1csc(C)n1. The third-order valence-electron chi connectivity index (χ3n) is 3.85. The standard InChI is InChI=1S/C15H26N4O2S2/c1-5-16-14(19(3)8-13-9-22-12(2)18-13)17-10-15(6-7-15)11-23(4,20)21/h9H,5-8,10-11H2,1-4H3,(H,16,17). The molecule has 1 aromatic rings. The van der Waals surface area contributed by atoms with Gasteiger partial charge in [-0.3, -0.25) is 4.99 Å². The van der Waals surface area contributed by atoms with Crippen LogP contribution in [0.3, 0.4) is 0 Å². The van der Waals surface area contributed by atoms with Crippen molar-refractivity contribution < 1.29 is 8.42 Å². The molecule has 0 saturated heterocycles. The average molecular weight is 359 g/mol. The highest BCUT2D eigenvalue weighted by Gasteiger charge is 2.45. The zero-order valence-electron chi connectivity index (χ0n) is 14.3. The van der Waals surface area contributed by atoms with Crippen LogP contribution < -0.4 is 5.32 Å². The van der Waals surface area contributed by atoms with Crippen molar-refractivity contribution in [2.75, 3.05) is 32.1 Å². The summed E-state index contributed by atoms with van der Waals surface area (Å²) in [6, 6.07) is 0. The molecule has 1 aliphatic carbocycles. The normalized spacial score (nSPS) is 17.1. The molecule has 1 N–H and O–H groups in total. The zero-order valence-corrected chi connectivity index (χ0v) is 15.9. The summed E-state index contributed by atoms with van der Waals surface area (Å²) in [7, 11) is -0.979. The summed E-state index contributed by atoms with van der Waals surface area (Å²) in [6.07, 6.45) is 3.19. The summed E-state index contributed by atoms with van der Waals surface area (Å²) < 4.78 is 23.1. The van der Waals surface area contributed by atoms with Crippen LogP contribution in [-0.4, -0.2) is 56.4 Å². The molecule has 0 aromatic carbocycles. The number of nitrogens with one attached hydrogen (secondary N) is 1. The van der Waals surface area contributed by atoms with Gasteiger partial charge in [-0.1, -0.05) is 0 Å². The number of aryl methyl sites for hydroxylation is 1. The third kappa shape index (κ3) is 5.76. The van der Waals surface area contributed by atoms with Crippen LogP contribution in [0.2, 0.25) is 0 Å². The molecule has 23 heavy (non-hydrogen) atoms. The van der Waals surface area contributed by atoms with Gasteiger partial charge in [-0.2, -0.15) is 0 Å². The van der Waals surface area contributed by atoms with Crippen LogP contribution in [0.25, 0.3) is 0 Å². The minimum atomic E-state index is -2.96. The molecule has 0 unspecified atom stereocenters. The second-order valence-corrected chi connectivity index (χ2v) is 9.66. The van der Waals surface area contributed by atoms with Crippen molar-refractivity contribution >= 4 is 27.1 Å². The van der Waals surface area contributed by atoms with Gasteiger partial charge in [0.2, 0.25) is 0 Å². The number of rotatable bonds is 7. The van der Waals surface area contributed by atoms with Crippen LogP contribution >= 0.6 is 11.3 Å². The van der Waals surface area contributed by atoms with E-state index in [-0.39, 0.29) is 11.2 Å². The van der Waals surface area contributed by atoms with E-state index in [1.54, 1.807) is 11.3 Å². The second-order valence-electron chi connectivity index (χ2n) is 6.45. The number of guanidine groups is 1. The minimum Gasteiger partial charge on any atom is -0.357 e. The van der Waals surface area contributed by atoms with Gasteiger partial charge in [0.05, 0.1) is 23.0 Å². The first-order valence-corrected chi connectivity index (χ1v) is 10.8. The molecule has 1 aliphatic rings. The number of aromatic nitrogens is 1. The summed E-state index contributed by atoms with van der Waals surface area (Å²) in [6.45, 7) is 6.05. The largest absolute Gasteiger partial charge is 0.357 e. The van der Waals surface area contributed by atoms with Crippen LogP contribution in [-0.2, 0) is 16.4 Å². The van der Waals surface area contributed by atoms with Gasteiger partial charge in [-0.15, -0.1) is 11.3 Å². The number of hydrogen-bond donors (Lipinski definition) is 1. The summed E-state index contributed by atoms with van der Waals surface area (Å²) in [5.41, 5.74) is 0.879. The number of nitrogens with zero attached hydrogens (tertiary/aromatic N) is 3. The summed E-state index contributed by atoms with van der Waals surface area (Å²) in [5, 5.41) is 6.39. The van der Waals surface area contributed by atoms with E-state index >= 15 is 0 Å². The van der Waals surface area contributed by atoms with Gasteiger partial charge >= 0.3 is 0 Å². The first-order valence-electron chi connectivity index (χ1n) is 7.81. The summed E-state index contributed by atoms with van der Waals surface area (Å²) in [5.74, 6) is 1.04. The highest BCUT2D eigenvalue weighted by molar-refractivity contribution is 7.90. The van der Waals surface area contributed by atoms with Gasteiger partial charge in [-0.05, 0) is 26.7 Å². The predicted octanol–water partition coefficient (Wildman–Crippen LogP) is 1.67. The highest BCUT2D eigenvalue weighted by Crippen LogP contribution is 2.46. The van der Waals surface area contributed by atoms with Crippen LogP contribution in [0, 0.1) is 12.3 Å². The molecule has 0 bridgehead atoms. The zero-order chi connectivity index (χ0) is 17.1. The fraction of sp³-hybridized carbons (Fsp3) is 0.733. The molecule has 130 valence electrons. The molecule has 0 aliphatic heterocycles. The summed E-state index contributed by atoms with van der Waals surface area (Å²) >= 11 is 1.64. The van der Waals surface area contributed by atoms with Crippen LogP contribution in [0.4, 0.5) is 0 Å². The van der Waals surface area contributed by atoms with Gasteiger partial charge in [-0.25, -0.2) is 13.4 Å². The van der Waals surface area contributed by atoms with Crippen molar-refractivity contribution in [3.63, 3.8) is 0 Å². The van der Waals surface area contributed by atoms with Crippen molar-refractivity contribution in [3.8, 4) is 0 Å². The minimum absolute atomic E-state index is 0.147. The number of thiazole rings is 1. The van der Waals surface area contributed by atoms with E-state index in [0.717, 1.165) is 36.0 Å². The van der Waals surface area contributed by atoms with E-state index in [1.165, 1.54) is 6.26 Å². The number of aliphatic imine (C=N–C) groups is 1. The Morgan fingerprint density at radius 3 is 2.70 bits per heavy atom. The predicted molar refractivity (Wildman–Crippen MR) is 95.7 cm³/mol. The summed E-state index contributed by atoms with van der Waals surface area (Å²) in [4.78, 5) is 11.2. The van der Waals surface area contributed by atoms with E-state index in [9.17, 15) is 8.42 Å². The second kappa shape index (κ2) is 7.17. The Balaban J connectivity index is 2.02. The quantitative estimate of drug-likeness (QED) is 0.593.